The first-order chi connectivity index (χ1) is 11.9. The molecule has 1 aliphatic heterocycles. The lowest BCUT2D eigenvalue weighted by Gasteiger charge is -2.35. The monoisotopic (exact) mass is 352 g/mol. The van der Waals surface area contributed by atoms with E-state index in [2.05, 4.69) is 9.97 Å². The summed E-state index contributed by atoms with van der Waals surface area (Å²) in [6.45, 7) is 1.57. The van der Waals surface area contributed by atoms with Crippen LogP contribution < -0.4 is 4.90 Å². The van der Waals surface area contributed by atoms with Crippen molar-refractivity contribution < 1.29 is 23.1 Å². The van der Waals surface area contributed by atoms with Gasteiger partial charge in [0.05, 0.1) is 5.56 Å². The number of pyridine rings is 2. The Hall–Kier alpha value is -2.84. The maximum atomic E-state index is 12.6. The number of aromatic nitrogens is 2. The summed E-state index contributed by atoms with van der Waals surface area (Å²) in [5.41, 5.74) is -0.806. The molecule has 6 nitrogen and oxygen atoms in total. The molecule has 0 aromatic carbocycles. The van der Waals surface area contributed by atoms with Crippen LogP contribution in [0.2, 0.25) is 0 Å². The van der Waals surface area contributed by atoms with Gasteiger partial charge in [-0.2, -0.15) is 13.2 Å². The molecule has 0 bridgehead atoms. The highest BCUT2D eigenvalue weighted by molar-refractivity contribution is 5.94. The van der Waals surface area contributed by atoms with Crippen LogP contribution in [0, 0.1) is 0 Å². The third-order valence-electron chi connectivity index (χ3n) is 3.96. The van der Waals surface area contributed by atoms with Crippen molar-refractivity contribution in [3.8, 4) is 5.75 Å². The molecule has 0 spiro atoms. The predicted molar refractivity (Wildman–Crippen MR) is 83.3 cm³/mol. The Labute approximate surface area is 141 Å². The second kappa shape index (κ2) is 6.58. The normalized spacial score (nSPS) is 15.3. The number of rotatable bonds is 2. The lowest BCUT2D eigenvalue weighted by molar-refractivity contribution is -0.137. The van der Waals surface area contributed by atoms with Crippen LogP contribution in [-0.4, -0.2) is 52.1 Å². The number of hydrogen-bond acceptors (Lipinski definition) is 5. The standard InChI is InChI=1S/C16H15F3N4O2/c17-16(18,19)11-3-4-13(21-10-11)22-6-8-23(9-7-22)15(25)14-12(24)2-1-5-20-14/h1-5,10,24H,6-9H2. The van der Waals surface area contributed by atoms with E-state index in [0.717, 1.165) is 12.3 Å². The zero-order valence-corrected chi connectivity index (χ0v) is 13.1. The van der Waals surface area contributed by atoms with Gasteiger partial charge in [-0.05, 0) is 24.3 Å². The smallest absolute Gasteiger partial charge is 0.417 e. The number of alkyl halides is 3. The highest BCUT2D eigenvalue weighted by Gasteiger charge is 2.31. The molecule has 0 saturated carbocycles. The maximum absolute atomic E-state index is 12.6. The summed E-state index contributed by atoms with van der Waals surface area (Å²) >= 11 is 0. The molecule has 0 unspecified atom stereocenters. The number of carbonyl (C=O) groups excluding carboxylic acids is 1. The van der Waals surface area contributed by atoms with E-state index in [1.807, 2.05) is 4.90 Å². The molecule has 25 heavy (non-hydrogen) atoms. The molecule has 9 heteroatoms. The zero-order valence-electron chi connectivity index (χ0n) is 13.1. The van der Waals surface area contributed by atoms with E-state index in [1.54, 1.807) is 4.90 Å². The Balaban J connectivity index is 1.64. The Morgan fingerprint density at radius 2 is 1.80 bits per heavy atom. The molecule has 0 radical (unpaired) electrons. The molecule has 2 aromatic rings. The van der Waals surface area contributed by atoms with E-state index in [-0.39, 0.29) is 17.4 Å². The van der Waals surface area contributed by atoms with Crippen LogP contribution in [0.4, 0.5) is 19.0 Å². The molecule has 2 aromatic heterocycles. The lowest BCUT2D eigenvalue weighted by atomic mass is 10.2. The fourth-order valence-corrected chi connectivity index (χ4v) is 2.59. The Kier molecular flexibility index (Phi) is 4.47. The summed E-state index contributed by atoms with van der Waals surface area (Å²) in [6.07, 6.45) is -2.19. The lowest BCUT2D eigenvalue weighted by Crippen LogP contribution is -2.49. The van der Waals surface area contributed by atoms with Crippen molar-refractivity contribution in [2.45, 2.75) is 6.18 Å². The summed E-state index contributed by atoms with van der Waals surface area (Å²) in [6, 6.07) is 5.24. The number of amides is 1. The molecule has 1 fully saturated rings. The van der Waals surface area contributed by atoms with E-state index >= 15 is 0 Å². The van der Waals surface area contributed by atoms with Crippen molar-refractivity contribution in [1.29, 1.82) is 0 Å². The molecule has 0 aliphatic carbocycles. The second-order valence-corrected chi connectivity index (χ2v) is 5.55. The number of nitrogens with zero attached hydrogens (tertiary/aromatic N) is 4. The molecule has 3 heterocycles. The molecule has 1 saturated heterocycles. The molecule has 0 atom stereocenters. The number of carbonyl (C=O) groups is 1. The minimum absolute atomic E-state index is 0.0106. The van der Waals surface area contributed by atoms with Crippen LogP contribution in [0.1, 0.15) is 16.1 Å². The van der Waals surface area contributed by atoms with Gasteiger partial charge in [0, 0.05) is 38.6 Å². The maximum Gasteiger partial charge on any atom is 0.417 e. The van der Waals surface area contributed by atoms with Gasteiger partial charge < -0.3 is 14.9 Å². The minimum Gasteiger partial charge on any atom is -0.505 e. The van der Waals surface area contributed by atoms with Crippen molar-refractivity contribution in [3.63, 3.8) is 0 Å². The average Bonchev–Trinajstić information content (AvgIpc) is 2.61. The molecular weight excluding hydrogens is 337 g/mol. The first-order valence-corrected chi connectivity index (χ1v) is 7.58. The van der Waals surface area contributed by atoms with Gasteiger partial charge >= 0.3 is 6.18 Å². The van der Waals surface area contributed by atoms with Crippen molar-refractivity contribution in [2.24, 2.45) is 0 Å². The molecular formula is C16H15F3N4O2. The first-order valence-electron chi connectivity index (χ1n) is 7.58. The highest BCUT2D eigenvalue weighted by Crippen LogP contribution is 2.29. The van der Waals surface area contributed by atoms with Crippen LogP contribution in [0.15, 0.2) is 36.7 Å². The van der Waals surface area contributed by atoms with E-state index in [9.17, 15) is 23.1 Å². The fourth-order valence-electron chi connectivity index (χ4n) is 2.59. The van der Waals surface area contributed by atoms with Gasteiger partial charge in [-0.3, -0.25) is 4.79 Å². The second-order valence-electron chi connectivity index (χ2n) is 5.55. The topological polar surface area (TPSA) is 69.6 Å². The van der Waals surface area contributed by atoms with Crippen molar-refractivity contribution >= 4 is 11.7 Å². The Bertz CT molecular complexity index is 757. The van der Waals surface area contributed by atoms with Crippen molar-refractivity contribution in [1.82, 2.24) is 14.9 Å². The van der Waals surface area contributed by atoms with Gasteiger partial charge in [-0.1, -0.05) is 0 Å². The van der Waals surface area contributed by atoms with Gasteiger partial charge in [0.15, 0.2) is 5.69 Å². The van der Waals surface area contributed by atoms with Crippen LogP contribution in [0.5, 0.6) is 5.75 Å². The minimum atomic E-state index is -4.42. The summed E-state index contributed by atoms with van der Waals surface area (Å²) in [5, 5.41) is 9.71. The summed E-state index contributed by atoms with van der Waals surface area (Å²) < 4.78 is 37.7. The average molecular weight is 352 g/mol. The highest BCUT2D eigenvalue weighted by atomic mass is 19.4. The number of anilines is 1. The van der Waals surface area contributed by atoms with Gasteiger partial charge in [-0.15, -0.1) is 0 Å². The Morgan fingerprint density at radius 1 is 1.08 bits per heavy atom. The van der Waals surface area contributed by atoms with Crippen LogP contribution in [0.3, 0.4) is 0 Å². The first kappa shape index (κ1) is 17.0. The van der Waals surface area contributed by atoms with Crippen LogP contribution >= 0.6 is 0 Å². The van der Waals surface area contributed by atoms with E-state index in [0.29, 0.717) is 32.0 Å². The van der Waals surface area contributed by atoms with Crippen molar-refractivity contribution in [3.05, 3.63) is 47.9 Å². The summed E-state index contributed by atoms with van der Waals surface area (Å²) in [5.74, 6) is -0.127. The third-order valence-corrected chi connectivity index (χ3v) is 3.96. The zero-order chi connectivity index (χ0) is 18.0. The van der Waals surface area contributed by atoms with Crippen LogP contribution in [-0.2, 0) is 6.18 Å². The molecule has 1 aliphatic rings. The molecule has 1 N–H and O–H groups in total. The number of aromatic hydroxyl groups is 1. The van der Waals surface area contributed by atoms with E-state index in [1.165, 1.54) is 24.4 Å². The number of hydrogen-bond donors (Lipinski definition) is 1. The largest absolute Gasteiger partial charge is 0.505 e. The van der Waals surface area contributed by atoms with E-state index < -0.39 is 11.7 Å². The predicted octanol–water partition coefficient (Wildman–Crippen LogP) is 2.16. The van der Waals surface area contributed by atoms with Gasteiger partial charge in [0.1, 0.15) is 11.6 Å². The van der Waals surface area contributed by atoms with Gasteiger partial charge in [0.25, 0.3) is 5.91 Å². The molecule has 3 rings (SSSR count). The quantitative estimate of drug-likeness (QED) is 0.897. The van der Waals surface area contributed by atoms with Gasteiger partial charge in [-0.25, -0.2) is 9.97 Å². The summed E-state index contributed by atoms with van der Waals surface area (Å²) in [7, 11) is 0. The number of halogens is 3. The van der Waals surface area contributed by atoms with Gasteiger partial charge in [0.2, 0.25) is 0 Å². The molecule has 132 valence electrons. The SMILES string of the molecule is O=C(c1ncccc1O)N1CCN(c2ccc(C(F)(F)F)cn2)CC1. The fraction of sp³-hybridized carbons (Fsp3) is 0.312. The van der Waals surface area contributed by atoms with E-state index in [4.69, 9.17) is 0 Å². The third kappa shape index (κ3) is 3.65. The molecule has 1 amide bonds. The summed E-state index contributed by atoms with van der Waals surface area (Å²) in [4.78, 5) is 23.5. The Morgan fingerprint density at radius 3 is 2.36 bits per heavy atom. The van der Waals surface area contributed by atoms with Crippen molar-refractivity contribution in [2.75, 3.05) is 31.1 Å². The number of piperazine rings is 1. The van der Waals surface area contributed by atoms with Crippen LogP contribution in [0.25, 0.3) is 0 Å².